The highest BCUT2D eigenvalue weighted by atomic mass is 32.2. The van der Waals surface area contributed by atoms with Gasteiger partial charge in [-0.25, -0.2) is 18.0 Å². The Morgan fingerprint density at radius 1 is 0.900 bits per heavy atom. The molecule has 40 heavy (non-hydrogen) atoms. The predicted molar refractivity (Wildman–Crippen MR) is 153 cm³/mol. The van der Waals surface area contributed by atoms with Crippen LogP contribution in [0.25, 0.3) is 32.6 Å². The molecule has 2 N–H and O–H groups in total. The van der Waals surface area contributed by atoms with Crippen molar-refractivity contribution in [2.45, 2.75) is 24.3 Å². The molecule has 0 aliphatic carbocycles. The number of aromatic nitrogens is 1. The van der Waals surface area contributed by atoms with Crippen LogP contribution in [0.5, 0.6) is 5.75 Å². The maximum Gasteiger partial charge on any atom is 0.344 e. The van der Waals surface area contributed by atoms with Gasteiger partial charge < -0.3 is 14.1 Å². The number of H-pyrrole nitrogens is 1. The fourth-order valence-electron chi connectivity index (χ4n) is 4.78. The van der Waals surface area contributed by atoms with E-state index in [2.05, 4.69) is 9.71 Å². The summed E-state index contributed by atoms with van der Waals surface area (Å²) < 4.78 is 40.2. The molecule has 6 aromatic rings. The fourth-order valence-corrected chi connectivity index (χ4v) is 5.96. The van der Waals surface area contributed by atoms with Crippen molar-refractivity contribution in [1.29, 1.82) is 0 Å². The lowest BCUT2D eigenvalue weighted by molar-refractivity contribution is -0.136. The van der Waals surface area contributed by atoms with E-state index in [1.54, 1.807) is 42.6 Å². The molecule has 2 heterocycles. The summed E-state index contributed by atoms with van der Waals surface area (Å²) in [6, 6.07) is 24.5. The summed E-state index contributed by atoms with van der Waals surface area (Å²) in [6.45, 7) is 1.86. The van der Waals surface area contributed by atoms with E-state index in [9.17, 15) is 18.0 Å². The Morgan fingerprint density at radius 2 is 1.60 bits per heavy atom. The second-order valence-corrected chi connectivity index (χ2v) is 11.3. The molecule has 2 aromatic heterocycles. The topological polar surface area (TPSA) is 118 Å². The van der Waals surface area contributed by atoms with Crippen molar-refractivity contribution in [3.8, 4) is 5.75 Å². The van der Waals surface area contributed by atoms with E-state index in [1.165, 1.54) is 18.2 Å². The first-order valence-corrected chi connectivity index (χ1v) is 14.1. The lowest BCUT2D eigenvalue weighted by Gasteiger charge is -2.18. The largest absolute Gasteiger partial charge is 0.425 e. The smallest absolute Gasteiger partial charge is 0.344 e. The van der Waals surface area contributed by atoms with Gasteiger partial charge in [-0.1, -0.05) is 54.1 Å². The van der Waals surface area contributed by atoms with E-state index in [-0.39, 0.29) is 22.6 Å². The number of sulfonamides is 1. The van der Waals surface area contributed by atoms with Crippen molar-refractivity contribution >= 4 is 48.6 Å². The summed E-state index contributed by atoms with van der Waals surface area (Å²) in [5.74, 6) is -0.683. The van der Waals surface area contributed by atoms with Gasteiger partial charge in [-0.3, -0.25) is 0 Å². The van der Waals surface area contributed by atoms with Crippen LogP contribution in [0.3, 0.4) is 0 Å². The van der Waals surface area contributed by atoms with Gasteiger partial charge in [-0.05, 0) is 54.3 Å². The molecule has 0 aliphatic heterocycles. The lowest BCUT2D eigenvalue weighted by Crippen LogP contribution is -2.44. The maximum absolute atomic E-state index is 13.5. The van der Waals surface area contributed by atoms with Crippen LogP contribution >= 0.6 is 0 Å². The van der Waals surface area contributed by atoms with Gasteiger partial charge in [-0.2, -0.15) is 4.72 Å². The molecule has 0 radical (unpaired) electrons. The van der Waals surface area contributed by atoms with E-state index >= 15 is 0 Å². The Kier molecular flexibility index (Phi) is 6.45. The van der Waals surface area contributed by atoms with Crippen LogP contribution in [-0.4, -0.2) is 25.4 Å². The summed E-state index contributed by atoms with van der Waals surface area (Å²) in [5.41, 5.74) is 2.27. The first kappa shape index (κ1) is 25.5. The van der Waals surface area contributed by atoms with Gasteiger partial charge in [-0.15, -0.1) is 0 Å². The third-order valence-electron chi connectivity index (χ3n) is 6.82. The first-order chi connectivity index (χ1) is 19.3. The van der Waals surface area contributed by atoms with Crippen molar-refractivity contribution in [3.05, 3.63) is 119 Å². The number of ether oxygens (including phenoxy) is 1. The number of fused-ring (bicyclic) bond motifs is 4. The van der Waals surface area contributed by atoms with Gasteiger partial charge in [0.15, 0.2) is 0 Å². The number of carbonyl (C=O) groups is 1. The predicted octanol–water partition coefficient (Wildman–Crippen LogP) is 5.23. The lowest BCUT2D eigenvalue weighted by atomic mass is 10.1. The second-order valence-electron chi connectivity index (χ2n) is 9.56. The van der Waals surface area contributed by atoms with E-state index in [4.69, 9.17) is 9.15 Å². The monoisotopic (exact) mass is 552 g/mol. The number of hydrogen-bond acceptors (Lipinski definition) is 6. The minimum atomic E-state index is -4.06. The summed E-state index contributed by atoms with van der Waals surface area (Å²) >= 11 is 0. The van der Waals surface area contributed by atoms with Crippen LogP contribution in [-0.2, 0) is 21.2 Å². The maximum atomic E-state index is 13.5. The molecule has 9 heteroatoms. The molecule has 200 valence electrons. The summed E-state index contributed by atoms with van der Waals surface area (Å²) in [4.78, 5) is 29.2. The molecule has 0 bridgehead atoms. The van der Waals surface area contributed by atoms with Gasteiger partial charge in [0.05, 0.1) is 10.3 Å². The average molecular weight is 553 g/mol. The number of carbonyl (C=O) groups excluding carboxylic acids is 1. The number of nitrogens with one attached hydrogen (secondary N) is 2. The van der Waals surface area contributed by atoms with Gasteiger partial charge >= 0.3 is 11.6 Å². The number of benzene rings is 4. The standard InChI is InChI=1S/C31H24N2O6S/c1-19-10-13-22(14-11-19)40(36,37)33-28(16-20-18-32-27-9-5-4-6-23(20)27)31(35)38-21-12-15-25-24-7-2-3-8-26(24)30(34)39-29(25)17-21/h2-15,17-18,28,32-33H,16H2,1H3/t28-/m0/s1. The first-order valence-electron chi connectivity index (χ1n) is 12.6. The molecule has 0 unspecified atom stereocenters. The van der Waals surface area contributed by atoms with Crippen LogP contribution in [0, 0.1) is 6.92 Å². The second kappa shape index (κ2) is 10.1. The van der Waals surface area contributed by atoms with E-state index < -0.39 is 27.7 Å². The van der Waals surface area contributed by atoms with Crippen molar-refractivity contribution in [1.82, 2.24) is 9.71 Å². The zero-order valence-corrected chi connectivity index (χ0v) is 22.2. The SMILES string of the molecule is Cc1ccc(S(=O)(=O)N[C@@H](Cc2c[nH]c3ccccc23)C(=O)Oc2ccc3c(c2)oc(=O)c2ccccc23)cc1. The van der Waals surface area contributed by atoms with E-state index in [0.29, 0.717) is 10.8 Å². The Morgan fingerprint density at radius 3 is 2.38 bits per heavy atom. The van der Waals surface area contributed by atoms with Gasteiger partial charge in [0.2, 0.25) is 10.0 Å². The zero-order valence-electron chi connectivity index (χ0n) is 21.4. The minimum absolute atomic E-state index is 0.0363. The Hall–Kier alpha value is -4.73. The summed E-state index contributed by atoms with van der Waals surface area (Å²) in [5, 5.41) is 2.72. The molecule has 0 saturated heterocycles. The van der Waals surface area contributed by atoms with Crippen LogP contribution < -0.4 is 15.1 Å². The molecule has 0 saturated carbocycles. The van der Waals surface area contributed by atoms with Crippen LogP contribution in [0.4, 0.5) is 0 Å². The number of para-hydroxylation sites is 1. The van der Waals surface area contributed by atoms with E-state index in [0.717, 1.165) is 27.4 Å². The number of hydrogen-bond donors (Lipinski definition) is 2. The highest BCUT2D eigenvalue weighted by Gasteiger charge is 2.29. The molecule has 0 aliphatic rings. The quantitative estimate of drug-likeness (QED) is 0.121. The molecule has 0 amide bonds. The summed E-state index contributed by atoms with van der Waals surface area (Å²) in [7, 11) is -4.06. The molecule has 0 fully saturated rings. The Balaban J connectivity index is 1.34. The van der Waals surface area contributed by atoms with Gasteiger partial charge in [0.25, 0.3) is 0 Å². The summed E-state index contributed by atoms with van der Waals surface area (Å²) in [6.07, 6.45) is 1.79. The zero-order chi connectivity index (χ0) is 27.9. The highest BCUT2D eigenvalue weighted by molar-refractivity contribution is 7.89. The van der Waals surface area contributed by atoms with Crippen LogP contribution in [0.15, 0.2) is 111 Å². The van der Waals surface area contributed by atoms with Crippen molar-refractivity contribution in [3.63, 3.8) is 0 Å². The molecule has 0 spiro atoms. The normalized spacial score (nSPS) is 12.6. The molecular weight excluding hydrogens is 528 g/mol. The van der Waals surface area contributed by atoms with Gasteiger partial charge in [0.1, 0.15) is 17.4 Å². The fraction of sp³-hybridized carbons (Fsp3) is 0.0968. The molecule has 6 rings (SSSR count). The van der Waals surface area contributed by atoms with Crippen LogP contribution in [0.2, 0.25) is 0 Å². The molecule has 4 aromatic carbocycles. The molecular formula is C31H24N2O6S. The number of rotatable bonds is 7. The van der Waals surface area contributed by atoms with Crippen LogP contribution in [0.1, 0.15) is 11.1 Å². The highest BCUT2D eigenvalue weighted by Crippen LogP contribution is 2.27. The van der Waals surface area contributed by atoms with Gasteiger partial charge in [0, 0.05) is 35.0 Å². The van der Waals surface area contributed by atoms with E-state index in [1.807, 2.05) is 43.3 Å². The Labute approximate surface area is 229 Å². The minimum Gasteiger partial charge on any atom is -0.425 e. The third kappa shape index (κ3) is 4.88. The average Bonchev–Trinajstić information content (AvgIpc) is 3.35. The Bertz CT molecular complexity index is 2060. The van der Waals surface area contributed by atoms with Crippen molar-refractivity contribution in [2.24, 2.45) is 0 Å². The number of esters is 1. The van der Waals surface area contributed by atoms with Crippen molar-refractivity contribution in [2.75, 3.05) is 0 Å². The number of aryl methyl sites for hydroxylation is 1. The molecule has 8 nitrogen and oxygen atoms in total. The molecule has 1 atom stereocenters. The van der Waals surface area contributed by atoms with Crippen molar-refractivity contribution < 1.29 is 22.4 Å². The third-order valence-corrected chi connectivity index (χ3v) is 8.31. The number of aromatic amines is 1.